The summed E-state index contributed by atoms with van der Waals surface area (Å²) in [5, 5.41) is 10.3. The van der Waals surface area contributed by atoms with Gasteiger partial charge in [-0.3, -0.25) is 0 Å². The zero-order valence-corrected chi connectivity index (χ0v) is 8.38. The Balaban J connectivity index is 2.96. The Hall–Kier alpha value is -1.93. The van der Waals surface area contributed by atoms with Gasteiger partial charge < -0.3 is 9.94 Å². The molecule has 1 rings (SSSR count). The van der Waals surface area contributed by atoms with Gasteiger partial charge in [0.1, 0.15) is 5.75 Å². The van der Waals surface area contributed by atoms with Gasteiger partial charge in [-0.25, -0.2) is 0 Å². The molecule has 1 N–H and O–H groups in total. The maximum atomic E-state index is 12.3. The molecule has 0 saturated heterocycles. The van der Waals surface area contributed by atoms with E-state index in [9.17, 15) is 26.3 Å². The van der Waals surface area contributed by atoms with Crippen LogP contribution in [0, 0.1) is 0 Å². The molecule has 3 nitrogen and oxygen atoms in total. The van der Waals surface area contributed by atoms with Gasteiger partial charge in [-0.15, -0.1) is 13.2 Å². The lowest BCUT2D eigenvalue weighted by molar-refractivity contribution is -0.274. The van der Waals surface area contributed by atoms with Crippen LogP contribution in [-0.2, 0) is 0 Å². The molecule has 0 aliphatic rings. The van der Waals surface area contributed by atoms with E-state index in [2.05, 4.69) is 9.89 Å². The van der Waals surface area contributed by atoms with Crippen molar-refractivity contribution < 1.29 is 36.3 Å². The van der Waals surface area contributed by atoms with Crippen molar-refractivity contribution >= 4 is 5.71 Å². The van der Waals surface area contributed by atoms with Crippen LogP contribution in [-0.4, -0.2) is 23.5 Å². The monoisotopic (exact) mass is 273 g/mol. The van der Waals surface area contributed by atoms with Crippen molar-refractivity contribution in [2.75, 3.05) is 0 Å². The summed E-state index contributed by atoms with van der Waals surface area (Å²) in [6.07, 6.45) is -9.85. The van der Waals surface area contributed by atoms with E-state index >= 15 is 0 Å². The van der Waals surface area contributed by atoms with E-state index in [-0.39, 0.29) is 0 Å². The molecule has 0 amide bonds. The molecular formula is C9H5F6NO2. The van der Waals surface area contributed by atoms with Crippen molar-refractivity contribution in [3.05, 3.63) is 29.8 Å². The van der Waals surface area contributed by atoms with Gasteiger partial charge in [-0.2, -0.15) is 13.2 Å². The molecule has 100 valence electrons. The summed E-state index contributed by atoms with van der Waals surface area (Å²) < 4.78 is 75.7. The molecular weight excluding hydrogens is 268 g/mol. The number of halogens is 6. The molecule has 1 aromatic rings. The van der Waals surface area contributed by atoms with Crippen LogP contribution in [0.4, 0.5) is 26.3 Å². The van der Waals surface area contributed by atoms with Gasteiger partial charge in [0.25, 0.3) is 0 Å². The summed E-state index contributed by atoms with van der Waals surface area (Å²) in [4.78, 5) is 0. The second kappa shape index (κ2) is 4.75. The third-order valence-corrected chi connectivity index (χ3v) is 1.73. The molecule has 0 atom stereocenters. The number of benzene rings is 1. The van der Waals surface area contributed by atoms with Crippen molar-refractivity contribution in [3.63, 3.8) is 0 Å². The summed E-state index contributed by atoms with van der Waals surface area (Å²) in [6.45, 7) is 0. The predicted octanol–water partition coefficient (Wildman–Crippen LogP) is 3.33. The van der Waals surface area contributed by atoms with Gasteiger partial charge in [0.2, 0.25) is 0 Å². The largest absolute Gasteiger partial charge is 0.573 e. The molecule has 0 aliphatic carbocycles. The zero-order valence-electron chi connectivity index (χ0n) is 8.38. The Kier molecular flexibility index (Phi) is 3.73. The second-order valence-electron chi connectivity index (χ2n) is 3.02. The molecule has 1 aromatic carbocycles. The molecule has 0 spiro atoms. The zero-order chi connectivity index (χ0) is 14.0. The number of oxime groups is 1. The smallest absolute Gasteiger partial charge is 0.410 e. The van der Waals surface area contributed by atoms with Gasteiger partial charge in [-0.05, 0) is 24.3 Å². The SMILES string of the molecule is O/N=C(/c1ccc(OC(F)(F)F)cc1)C(F)(F)F. The summed E-state index contributed by atoms with van der Waals surface area (Å²) in [7, 11) is 0. The Bertz CT molecular complexity index is 434. The van der Waals surface area contributed by atoms with Gasteiger partial charge in [0.15, 0.2) is 5.71 Å². The molecule has 0 bridgehead atoms. The molecule has 0 saturated carbocycles. The van der Waals surface area contributed by atoms with E-state index < -0.39 is 29.6 Å². The van der Waals surface area contributed by atoms with Crippen LogP contribution < -0.4 is 4.74 Å². The first kappa shape index (κ1) is 14.1. The average molecular weight is 273 g/mol. The van der Waals surface area contributed by atoms with Crippen molar-refractivity contribution in [1.82, 2.24) is 0 Å². The van der Waals surface area contributed by atoms with Crippen LogP contribution >= 0.6 is 0 Å². The molecule has 0 radical (unpaired) electrons. The Morgan fingerprint density at radius 2 is 1.50 bits per heavy atom. The number of nitrogens with zero attached hydrogens (tertiary/aromatic N) is 1. The van der Waals surface area contributed by atoms with Gasteiger partial charge in [0.05, 0.1) is 0 Å². The minimum Gasteiger partial charge on any atom is -0.410 e. The summed E-state index contributed by atoms with van der Waals surface area (Å²) in [5.41, 5.74) is -2.19. The van der Waals surface area contributed by atoms with Gasteiger partial charge in [0, 0.05) is 5.56 Å². The number of hydrogen-bond donors (Lipinski definition) is 1. The molecule has 0 fully saturated rings. The van der Waals surface area contributed by atoms with Gasteiger partial charge >= 0.3 is 12.5 Å². The van der Waals surface area contributed by atoms with Crippen LogP contribution in [0.3, 0.4) is 0 Å². The Labute approximate surface area is 96.3 Å². The van der Waals surface area contributed by atoms with Crippen LogP contribution in [0.15, 0.2) is 29.4 Å². The normalized spacial score (nSPS) is 13.6. The van der Waals surface area contributed by atoms with Crippen molar-refractivity contribution in [1.29, 1.82) is 0 Å². The van der Waals surface area contributed by atoms with E-state index in [0.717, 1.165) is 0 Å². The predicted molar refractivity (Wildman–Crippen MR) is 47.5 cm³/mol. The number of ether oxygens (including phenoxy) is 1. The highest BCUT2D eigenvalue weighted by atomic mass is 19.4. The molecule has 0 aliphatic heterocycles. The maximum absolute atomic E-state index is 12.3. The van der Waals surface area contributed by atoms with Crippen molar-refractivity contribution in [2.24, 2.45) is 5.16 Å². The average Bonchev–Trinajstić information content (AvgIpc) is 2.17. The topological polar surface area (TPSA) is 41.8 Å². The highest BCUT2D eigenvalue weighted by molar-refractivity contribution is 6.04. The van der Waals surface area contributed by atoms with Crippen LogP contribution in [0.1, 0.15) is 5.56 Å². The first-order valence-electron chi connectivity index (χ1n) is 4.29. The van der Waals surface area contributed by atoms with E-state index in [1.54, 1.807) is 0 Å². The van der Waals surface area contributed by atoms with Crippen LogP contribution in [0.25, 0.3) is 0 Å². The molecule has 0 heterocycles. The third kappa shape index (κ3) is 3.82. The quantitative estimate of drug-likeness (QED) is 0.388. The highest BCUT2D eigenvalue weighted by Gasteiger charge is 2.38. The first-order valence-corrected chi connectivity index (χ1v) is 4.29. The van der Waals surface area contributed by atoms with Crippen LogP contribution in [0.2, 0.25) is 0 Å². The van der Waals surface area contributed by atoms with E-state index in [4.69, 9.17) is 5.21 Å². The van der Waals surface area contributed by atoms with E-state index in [1.807, 2.05) is 0 Å². The molecule has 0 unspecified atom stereocenters. The van der Waals surface area contributed by atoms with Crippen LogP contribution in [0.5, 0.6) is 5.75 Å². The van der Waals surface area contributed by atoms with Gasteiger partial charge in [-0.1, -0.05) is 5.16 Å². The van der Waals surface area contributed by atoms with E-state index in [1.165, 1.54) is 0 Å². The Morgan fingerprint density at radius 1 is 1.00 bits per heavy atom. The summed E-state index contributed by atoms with van der Waals surface area (Å²) in [5.74, 6) is -0.675. The summed E-state index contributed by atoms with van der Waals surface area (Å²) >= 11 is 0. The minimum absolute atomic E-state index is 0.584. The lowest BCUT2D eigenvalue weighted by Gasteiger charge is -2.11. The fraction of sp³-hybridized carbons (Fsp3) is 0.222. The third-order valence-electron chi connectivity index (χ3n) is 1.73. The van der Waals surface area contributed by atoms with Crippen molar-refractivity contribution in [2.45, 2.75) is 12.5 Å². The lowest BCUT2D eigenvalue weighted by atomic mass is 10.1. The maximum Gasteiger partial charge on any atom is 0.573 e. The second-order valence-corrected chi connectivity index (χ2v) is 3.02. The fourth-order valence-electron chi connectivity index (χ4n) is 1.09. The highest BCUT2D eigenvalue weighted by Crippen LogP contribution is 2.26. The lowest BCUT2D eigenvalue weighted by Crippen LogP contribution is -2.24. The molecule has 9 heteroatoms. The van der Waals surface area contributed by atoms with E-state index in [0.29, 0.717) is 24.3 Å². The minimum atomic E-state index is -4.93. The fourth-order valence-corrected chi connectivity index (χ4v) is 1.09. The number of hydrogen-bond acceptors (Lipinski definition) is 3. The molecule has 0 aromatic heterocycles. The molecule has 18 heavy (non-hydrogen) atoms. The van der Waals surface area contributed by atoms with Crippen molar-refractivity contribution in [3.8, 4) is 5.75 Å². The Morgan fingerprint density at radius 3 is 1.83 bits per heavy atom. The standard InChI is InChI=1S/C9H5F6NO2/c10-8(11,12)7(16-17)5-1-3-6(4-2-5)18-9(13,14)15/h1-4,17H/b16-7-. The number of alkyl halides is 6. The summed E-state index contributed by atoms with van der Waals surface area (Å²) in [6, 6.07) is 2.76. The number of rotatable bonds is 2. The first-order chi connectivity index (χ1) is 8.13.